The molecule has 5 nitrogen and oxygen atoms in total. The molecule has 1 atom stereocenters. The van der Waals surface area contributed by atoms with E-state index in [2.05, 4.69) is 72.0 Å². The van der Waals surface area contributed by atoms with Crippen molar-refractivity contribution >= 4 is 5.96 Å². The average molecular weight is 375 g/mol. The Kier molecular flexibility index (Phi) is 9.08. The summed E-state index contributed by atoms with van der Waals surface area (Å²) in [6.45, 7) is 10.2. The largest absolute Gasteiger partial charge is 0.381 e. The summed E-state index contributed by atoms with van der Waals surface area (Å²) in [5.74, 6) is 1.58. The number of rotatable bonds is 9. The predicted octanol–water partition coefficient (Wildman–Crippen LogP) is 3.49. The predicted molar refractivity (Wildman–Crippen MR) is 114 cm³/mol. The smallest absolute Gasteiger partial charge is 0.191 e. The Labute approximate surface area is 165 Å². The second-order valence-corrected chi connectivity index (χ2v) is 7.66. The van der Waals surface area contributed by atoms with E-state index in [1.165, 1.54) is 18.4 Å². The van der Waals surface area contributed by atoms with Gasteiger partial charge in [-0.25, -0.2) is 0 Å². The number of benzene rings is 1. The Morgan fingerprint density at radius 1 is 1.11 bits per heavy atom. The highest BCUT2D eigenvalue weighted by Gasteiger charge is 2.34. The highest BCUT2D eigenvalue weighted by molar-refractivity contribution is 5.79. The molecule has 3 N–H and O–H groups in total. The van der Waals surface area contributed by atoms with Crippen molar-refractivity contribution in [3.05, 3.63) is 35.9 Å². The topological polar surface area (TPSA) is 57.7 Å². The van der Waals surface area contributed by atoms with Gasteiger partial charge in [-0.05, 0) is 31.2 Å². The van der Waals surface area contributed by atoms with E-state index >= 15 is 0 Å². The minimum Gasteiger partial charge on any atom is -0.381 e. The van der Waals surface area contributed by atoms with Crippen LogP contribution in [-0.4, -0.2) is 44.8 Å². The van der Waals surface area contributed by atoms with Crippen molar-refractivity contribution in [3.8, 4) is 0 Å². The molecule has 1 fully saturated rings. The van der Waals surface area contributed by atoms with Crippen LogP contribution < -0.4 is 16.0 Å². The quantitative estimate of drug-likeness (QED) is 0.457. The van der Waals surface area contributed by atoms with Crippen LogP contribution >= 0.6 is 0 Å². The normalized spacial score (nSPS) is 18.3. The summed E-state index contributed by atoms with van der Waals surface area (Å²) in [6, 6.07) is 10.9. The van der Waals surface area contributed by atoms with Gasteiger partial charge in [0.05, 0.1) is 0 Å². The molecule has 152 valence electrons. The van der Waals surface area contributed by atoms with Crippen LogP contribution in [0.3, 0.4) is 0 Å². The van der Waals surface area contributed by atoms with Crippen molar-refractivity contribution in [3.63, 3.8) is 0 Å². The number of hydrogen-bond donors (Lipinski definition) is 3. The molecule has 0 bridgehead atoms. The molecule has 0 aromatic heterocycles. The molecule has 1 aromatic carbocycles. The summed E-state index contributed by atoms with van der Waals surface area (Å²) in [5, 5.41) is 10.9. The van der Waals surface area contributed by atoms with Gasteiger partial charge in [-0.3, -0.25) is 4.99 Å². The zero-order valence-electron chi connectivity index (χ0n) is 17.6. The van der Waals surface area contributed by atoms with Crippen LogP contribution in [0, 0.1) is 5.92 Å². The number of nitrogens with one attached hydrogen (secondary N) is 3. The molecule has 0 radical (unpaired) electrons. The lowest BCUT2D eigenvalue weighted by Crippen LogP contribution is -2.58. The molecule has 2 rings (SSSR count). The van der Waals surface area contributed by atoms with Gasteiger partial charge in [-0.1, -0.05) is 57.0 Å². The van der Waals surface area contributed by atoms with Crippen molar-refractivity contribution in [2.75, 3.05) is 33.4 Å². The maximum absolute atomic E-state index is 5.64. The van der Waals surface area contributed by atoms with Gasteiger partial charge >= 0.3 is 0 Å². The number of guanidine groups is 1. The fraction of sp³-hybridized carbons (Fsp3) is 0.682. The fourth-order valence-electron chi connectivity index (χ4n) is 3.71. The molecule has 1 saturated heterocycles. The Hall–Kier alpha value is -1.59. The summed E-state index contributed by atoms with van der Waals surface area (Å²) in [6.07, 6.45) is 4.39. The van der Waals surface area contributed by atoms with Gasteiger partial charge in [-0.15, -0.1) is 0 Å². The van der Waals surface area contributed by atoms with Gasteiger partial charge in [-0.2, -0.15) is 0 Å². The van der Waals surface area contributed by atoms with Gasteiger partial charge in [0, 0.05) is 44.9 Å². The summed E-state index contributed by atoms with van der Waals surface area (Å²) < 4.78 is 5.64. The monoisotopic (exact) mass is 374 g/mol. The number of ether oxygens (including phenoxy) is 1. The molecule has 1 heterocycles. The molecule has 0 spiro atoms. The van der Waals surface area contributed by atoms with Crippen molar-refractivity contribution in [2.24, 2.45) is 10.9 Å². The average Bonchev–Trinajstić information content (AvgIpc) is 2.72. The van der Waals surface area contributed by atoms with Crippen LogP contribution in [0.25, 0.3) is 0 Å². The highest BCUT2D eigenvalue weighted by atomic mass is 16.5. The molecular weight excluding hydrogens is 336 g/mol. The standard InChI is InChI=1S/C22H38N4O/c1-5-19(6-2)16-24-21(23-4)25-17-22(12-14-27-15-13-22)26-18(3)20-10-8-7-9-11-20/h7-11,18-19,26H,5-6,12-17H2,1-4H3,(H2,23,24,25). The lowest BCUT2D eigenvalue weighted by molar-refractivity contribution is 0.0355. The molecule has 0 amide bonds. The van der Waals surface area contributed by atoms with Gasteiger partial charge in [0.15, 0.2) is 5.96 Å². The van der Waals surface area contributed by atoms with Crippen LogP contribution in [-0.2, 0) is 4.74 Å². The van der Waals surface area contributed by atoms with Gasteiger partial charge in [0.1, 0.15) is 0 Å². The maximum atomic E-state index is 5.64. The van der Waals surface area contributed by atoms with Crippen molar-refractivity contribution in [1.82, 2.24) is 16.0 Å². The number of hydrogen-bond acceptors (Lipinski definition) is 3. The van der Waals surface area contributed by atoms with E-state index in [4.69, 9.17) is 4.74 Å². The Morgan fingerprint density at radius 3 is 2.37 bits per heavy atom. The van der Waals surface area contributed by atoms with E-state index in [9.17, 15) is 0 Å². The first-order chi connectivity index (χ1) is 13.1. The third-order valence-electron chi connectivity index (χ3n) is 5.80. The Balaban J connectivity index is 1.96. The van der Waals surface area contributed by atoms with Crippen LogP contribution in [0.2, 0.25) is 0 Å². The molecule has 1 aliphatic heterocycles. The molecule has 1 aliphatic rings. The third-order valence-corrected chi connectivity index (χ3v) is 5.80. The molecule has 5 heteroatoms. The summed E-state index contributed by atoms with van der Waals surface area (Å²) in [5.41, 5.74) is 1.33. The maximum Gasteiger partial charge on any atom is 0.191 e. The second-order valence-electron chi connectivity index (χ2n) is 7.66. The van der Waals surface area contributed by atoms with Crippen molar-refractivity contribution in [2.45, 2.75) is 58.0 Å². The van der Waals surface area contributed by atoms with E-state index in [1.54, 1.807) is 0 Å². The molecular formula is C22H38N4O. The minimum atomic E-state index is 0.0139. The van der Waals surface area contributed by atoms with E-state index in [1.807, 2.05) is 7.05 Å². The number of aliphatic imine (C=N–C) groups is 1. The lowest BCUT2D eigenvalue weighted by atomic mass is 9.88. The molecule has 0 saturated carbocycles. The van der Waals surface area contributed by atoms with Crippen LogP contribution in [0.15, 0.2) is 35.3 Å². The van der Waals surface area contributed by atoms with Crippen molar-refractivity contribution in [1.29, 1.82) is 0 Å². The van der Waals surface area contributed by atoms with Gasteiger partial charge < -0.3 is 20.7 Å². The first-order valence-electron chi connectivity index (χ1n) is 10.5. The summed E-state index contributed by atoms with van der Waals surface area (Å²) in [7, 11) is 1.85. The lowest BCUT2D eigenvalue weighted by Gasteiger charge is -2.41. The van der Waals surface area contributed by atoms with Gasteiger partial charge in [0.2, 0.25) is 0 Å². The SMILES string of the molecule is CCC(CC)CNC(=NC)NCC1(NC(C)c2ccccc2)CCOCC1. The van der Waals surface area contributed by atoms with Crippen LogP contribution in [0.5, 0.6) is 0 Å². The number of nitrogens with zero attached hydrogens (tertiary/aromatic N) is 1. The van der Waals surface area contributed by atoms with Gasteiger partial charge in [0.25, 0.3) is 0 Å². The van der Waals surface area contributed by atoms with E-state index in [0.717, 1.165) is 45.1 Å². The first kappa shape index (κ1) is 21.7. The van der Waals surface area contributed by atoms with E-state index in [-0.39, 0.29) is 5.54 Å². The zero-order valence-corrected chi connectivity index (χ0v) is 17.6. The van der Waals surface area contributed by atoms with E-state index < -0.39 is 0 Å². The van der Waals surface area contributed by atoms with E-state index in [0.29, 0.717) is 12.0 Å². The highest BCUT2D eigenvalue weighted by Crippen LogP contribution is 2.25. The van der Waals surface area contributed by atoms with Crippen LogP contribution in [0.4, 0.5) is 0 Å². The van der Waals surface area contributed by atoms with Crippen LogP contribution in [0.1, 0.15) is 58.1 Å². The summed E-state index contributed by atoms with van der Waals surface area (Å²) in [4.78, 5) is 4.42. The Bertz CT molecular complexity index is 551. The molecule has 1 unspecified atom stereocenters. The zero-order chi connectivity index (χ0) is 19.5. The van der Waals surface area contributed by atoms with Crippen molar-refractivity contribution < 1.29 is 4.74 Å². The molecule has 27 heavy (non-hydrogen) atoms. The fourth-order valence-corrected chi connectivity index (χ4v) is 3.71. The molecule has 1 aromatic rings. The Morgan fingerprint density at radius 2 is 1.78 bits per heavy atom. The first-order valence-corrected chi connectivity index (χ1v) is 10.5. The summed E-state index contributed by atoms with van der Waals surface area (Å²) >= 11 is 0. The third kappa shape index (κ3) is 6.82. The minimum absolute atomic E-state index is 0.0139. The molecule has 0 aliphatic carbocycles. The second kappa shape index (κ2) is 11.3.